The molecular weight excluding hydrogens is 206 g/mol. The van der Waals surface area contributed by atoms with Crippen LogP contribution < -0.4 is 5.32 Å². The van der Waals surface area contributed by atoms with E-state index in [0.29, 0.717) is 6.04 Å². The van der Waals surface area contributed by atoms with E-state index in [-0.39, 0.29) is 5.41 Å². The Kier molecular flexibility index (Phi) is 2.49. The molecule has 86 valence electrons. The van der Waals surface area contributed by atoms with Crippen molar-refractivity contribution in [3.8, 4) is 0 Å². The Balaban J connectivity index is 2.08. The normalized spacial score (nSPS) is 21.1. The third-order valence-corrected chi connectivity index (χ3v) is 3.89. The van der Waals surface area contributed by atoms with Gasteiger partial charge in [0.05, 0.1) is 0 Å². The molecule has 0 bridgehead atoms. The van der Waals surface area contributed by atoms with Gasteiger partial charge in [0.1, 0.15) is 0 Å². The van der Waals surface area contributed by atoms with Crippen molar-refractivity contribution >= 4 is 0 Å². The molecule has 1 aliphatic rings. The molecule has 0 aromatic heterocycles. The molecular formula is C16H17N. The molecule has 17 heavy (non-hydrogen) atoms. The monoisotopic (exact) mass is 223 g/mol. The zero-order valence-electron chi connectivity index (χ0n) is 10.1. The van der Waals surface area contributed by atoms with Crippen LogP contribution in [0, 0.1) is 0 Å². The maximum absolute atomic E-state index is 3.43. The van der Waals surface area contributed by atoms with Gasteiger partial charge in [-0.15, -0.1) is 0 Å². The van der Waals surface area contributed by atoms with Gasteiger partial charge in [-0.05, 0) is 24.6 Å². The lowest BCUT2D eigenvalue weighted by molar-refractivity contribution is 0.701. The van der Waals surface area contributed by atoms with Gasteiger partial charge in [-0.25, -0.2) is 0 Å². The molecule has 1 nitrogen and oxygen atoms in total. The number of hydrogen-bond donors (Lipinski definition) is 1. The molecule has 0 saturated heterocycles. The SMILES string of the molecule is CNC1CC1(c1ccccc1)c1ccccc1. The molecule has 1 fully saturated rings. The lowest BCUT2D eigenvalue weighted by atomic mass is 9.87. The predicted molar refractivity (Wildman–Crippen MR) is 71.1 cm³/mol. The quantitative estimate of drug-likeness (QED) is 0.843. The lowest BCUT2D eigenvalue weighted by Crippen LogP contribution is -2.23. The number of nitrogens with one attached hydrogen (secondary N) is 1. The molecule has 0 amide bonds. The van der Waals surface area contributed by atoms with Crippen LogP contribution in [0.25, 0.3) is 0 Å². The highest BCUT2D eigenvalue weighted by atomic mass is 15.0. The summed E-state index contributed by atoms with van der Waals surface area (Å²) in [5, 5.41) is 3.43. The molecule has 0 aliphatic heterocycles. The number of likely N-dealkylation sites (N-methyl/N-ethyl adjacent to an activating group) is 1. The minimum atomic E-state index is 0.192. The van der Waals surface area contributed by atoms with Crippen LogP contribution in [0.2, 0.25) is 0 Å². The molecule has 0 radical (unpaired) electrons. The third-order valence-electron chi connectivity index (χ3n) is 3.89. The van der Waals surface area contributed by atoms with Crippen LogP contribution in [0.1, 0.15) is 17.5 Å². The van der Waals surface area contributed by atoms with E-state index in [9.17, 15) is 0 Å². The van der Waals surface area contributed by atoms with Crippen LogP contribution >= 0.6 is 0 Å². The largest absolute Gasteiger partial charge is 0.316 e. The van der Waals surface area contributed by atoms with Gasteiger partial charge < -0.3 is 5.32 Å². The summed E-state index contributed by atoms with van der Waals surface area (Å²) < 4.78 is 0. The van der Waals surface area contributed by atoms with E-state index in [4.69, 9.17) is 0 Å². The van der Waals surface area contributed by atoms with Crippen molar-refractivity contribution in [1.82, 2.24) is 5.32 Å². The van der Waals surface area contributed by atoms with Gasteiger partial charge in [-0.1, -0.05) is 60.7 Å². The Morgan fingerprint density at radius 2 is 1.35 bits per heavy atom. The maximum atomic E-state index is 3.43. The van der Waals surface area contributed by atoms with Gasteiger partial charge in [-0.2, -0.15) is 0 Å². The van der Waals surface area contributed by atoms with Crippen molar-refractivity contribution in [2.24, 2.45) is 0 Å². The first-order valence-corrected chi connectivity index (χ1v) is 6.16. The van der Waals surface area contributed by atoms with Crippen LogP contribution in [0.3, 0.4) is 0 Å². The smallest absolute Gasteiger partial charge is 0.0371 e. The fraction of sp³-hybridized carbons (Fsp3) is 0.250. The van der Waals surface area contributed by atoms with Crippen molar-refractivity contribution in [1.29, 1.82) is 0 Å². The van der Waals surface area contributed by atoms with E-state index >= 15 is 0 Å². The predicted octanol–water partition coefficient (Wildman–Crippen LogP) is 2.96. The summed E-state index contributed by atoms with van der Waals surface area (Å²) in [5.41, 5.74) is 3.04. The fourth-order valence-electron chi connectivity index (χ4n) is 2.89. The Bertz CT molecular complexity index is 450. The summed E-state index contributed by atoms with van der Waals surface area (Å²) in [7, 11) is 2.05. The van der Waals surface area contributed by atoms with Gasteiger partial charge in [0.15, 0.2) is 0 Å². The van der Waals surface area contributed by atoms with Crippen molar-refractivity contribution in [2.45, 2.75) is 17.9 Å². The molecule has 0 heterocycles. The first-order valence-electron chi connectivity index (χ1n) is 6.16. The van der Waals surface area contributed by atoms with Crippen molar-refractivity contribution < 1.29 is 0 Å². The van der Waals surface area contributed by atoms with Gasteiger partial charge in [0, 0.05) is 11.5 Å². The average molecular weight is 223 g/mol. The number of benzene rings is 2. The highest BCUT2D eigenvalue weighted by molar-refractivity contribution is 5.49. The Labute approximate surface area is 102 Å². The zero-order chi connectivity index (χ0) is 11.7. The molecule has 1 aliphatic carbocycles. The van der Waals surface area contributed by atoms with Crippen LogP contribution in [-0.2, 0) is 5.41 Å². The van der Waals surface area contributed by atoms with Gasteiger partial charge in [-0.3, -0.25) is 0 Å². The second kappa shape index (κ2) is 4.01. The highest BCUT2D eigenvalue weighted by Gasteiger charge is 2.55. The van der Waals surface area contributed by atoms with Gasteiger partial charge >= 0.3 is 0 Å². The van der Waals surface area contributed by atoms with E-state index in [2.05, 4.69) is 73.0 Å². The summed E-state index contributed by atoms with van der Waals surface area (Å²) in [6, 6.07) is 22.2. The van der Waals surface area contributed by atoms with Crippen LogP contribution in [0.5, 0.6) is 0 Å². The molecule has 1 atom stereocenters. The summed E-state index contributed by atoms with van der Waals surface area (Å²) in [6.45, 7) is 0. The van der Waals surface area contributed by atoms with Crippen molar-refractivity contribution in [3.05, 3.63) is 71.8 Å². The standard InChI is InChI=1S/C16H17N/c1-17-15-12-16(15,13-8-4-2-5-9-13)14-10-6-3-7-11-14/h2-11,15,17H,12H2,1H3. The topological polar surface area (TPSA) is 12.0 Å². The molecule has 1 unspecified atom stereocenters. The van der Waals surface area contributed by atoms with Crippen LogP contribution in [-0.4, -0.2) is 13.1 Å². The minimum absolute atomic E-state index is 0.192. The summed E-state index contributed by atoms with van der Waals surface area (Å²) in [4.78, 5) is 0. The van der Waals surface area contributed by atoms with Crippen molar-refractivity contribution in [3.63, 3.8) is 0 Å². The lowest BCUT2D eigenvalue weighted by Gasteiger charge is -2.18. The Hall–Kier alpha value is -1.60. The van der Waals surface area contributed by atoms with Gasteiger partial charge in [0.2, 0.25) is 0 Å². The van der Waals surface area contributed by atoms with Gasteiger partial charge in [0.25, 0.3) is 0 Å². The number of rotatable bonds is 3. The number of hydrogen-bond acceptors (Lipinski definition) is 1. The summed E-state index contributed by atoms with van der Waals surface area (Å²) >= 11 is 0. The van der Waals surface area contributed by atoms with E-state index < -0.39 is 0 Å². The molecule has 3 rings (SSSR count). The summed E-state index contributed by atoms with van der Waals surface area (Å²) in [5.74, 6) is 0. The van der Waals surface area contributed by atoms with E-state index in [0.717, 1.165) is 0 Å². The molecule has 2 aromatic carbocycles. The summed E-state index contributed by atoms with van der Waals surface area (Å²) in [6.07, 6.45) is 1.19. The molecule has 1 saturated carbocycles. The first kappa shape index (κ1) is 10.5. The van der Waals surface area contributed by atoms with E-state index in [1.165, 1.54) is 17.5 Å². The molecule has 2 aromatic rings. The third kappa shape index (κ3) is 1.58. The molecule has 1 heteroatoms. The fourth-order valence-corrected chi connectivity index (χ4v) is 2.89. The second-order valence-corrected chi connectivity index (χ2v) is 4.75. The van der Waals surface area contributed by atoms with Crippen LogP contribution in [0.4, 0.5) is 0 Å². The second-order valence-electron chi connectivity index (χ2n) is 4.75. The van der Waals surface area contributed by atoms with Crippen LogP contribution in [0.15, 0.2) is 60.7 Å². The van der Waals surface area contributed by atoms with E-state index in [1.807, 2.05) is 0 Å². The minimum Gasteiger partial charge on any atom is -0.316 e. The first-order chi connectivity index (χ1) is 8.38. The Morgan fingerprint density at radius 1 is 0.882 bits per heavy atom. The molecule has 1 N–H and O–H groups in total. The van der Waals surface area contributed by atoms with E-state index in [1.54, 1.807) is 0 Å². The highest BCUT2D eigenvalue weighted by Crippen LogP contribution is 2.53. The zero-order valence-corrected chi connectivity index (χ0v) is 10.1. The average Bonchev–Trinajstić information content (AvgIpc) is 3.17. The maximum Gasteiger partial charge on any atom is 0.0371 e. The molecule has 0 spiro atoms. The Morgan fingerprint density at radius 3 is 1.71 bits per heavy atom. The van der Waals surface area contributed by atoms with Crippen molar-refractivity contribution in [2.75, 3.05) is 7.05 Å².